The van der Waals surface area contributed by atoms with Gasteiger partial charge in [0.15, 0.2) is 5.78 Å². The van der Waals surface area contributed by atoms with Gasteiger partial charge < -0.3 is 4.74 Å². The quantitative estimate of drug-likeness (QED) is 0.584. The van der Waals surface area contributed by atoms with Crippen molar-refractivity contribution in [3.05, 3.63) is 113 Å². The minimum Gasteiger partial charge on any atom is -0.462 e. The number of carbonyl (C=O) groups is 2. The lowest BCUT2D eigenvalue weighted by Crippen LogP contribution is -2.25. The normalized spacial score (nSPS) is 14.1. The largest absolute Gasteiger partial charge is 0.462 e. The second-order valence-corrected chi connectivity index (χ2v) is 6.86. The standard InChI is InChI=1S/C25H19FO3/c26-20-13-11-19(12-14-20)23-21(15-16-29-25(23)28)24(27)22(17-7-3-1-4-8-17)18-9-5-2-6-10-18/h1-14,22H,15-16H2. The summed E-state index contributed by atoms with van der Waals surface area (Å²) in [6.45, 7) is 0.154. The van der Waals surface area contributed by atoms with Crippen molar-refractivity contribution in [3.63, 3.8) is 0 Å². The summed E-state index contributed by atoms with van der Waals surface area (Å²) in [7, 11) is 0. The number of hydrogen-bond donors (Lipinski definition) is 0. The molecule has 4 rings (SSSR count). The first-order valence-electron chi connectivity index (χ1n) is 9.45. The van der Waals surface area contributed by atoms with E-state index >= 15 is 0 Å². The predicted octanol–water partition coefficient (Wildman–Crippen LogP) is 4.93. The van der Waals surface area contributed by atoms with Crippen molar-refractivity contribution in [2.24, 2.45) is 0 Å². The molecule has 29 heavy (non-hydrogen) atoms. The highest BCUT2D eigenvalue weighted by Crippen LogP contribution is 2.34. The molecule has 0 saturated heterocycles. The van der Waals surface area contributed by atoms with Crippen LogP contribution in [0.25, 0.3) is 5.57 Å². The van der Waals surface area contributed by atoms with E-state index in [0.717, 1.165) is 11.1 Å². The molecule has 0 saturated carbocycles. The summed E-state index contributed by atoms with van der Waals surface area (Å²) < 4.78 is 18.6. The molecule has 144 valence electrons. The minimum absolute atomic E-state index is 0.140. The third-order valence-electron chi connectivity index (χ3n) is 5.05. The molecule has 3 nitrogen and oxygen atoms in total. The summed E-state index contributed by atoms with van der Waals surface area (Å²) in [5.74, 6) is -1.63. The number of esters is 1. The summed E-state index contributed by atoms with van der Waals surface area (Å²) in [6.07, 6.45) is 0.327. The number of cyclic esters (lactones) is 1. The monoisotopic (exact) mass is 386 g/mol. The van der Waals surface area contributed by atoms with Crippen LogP contribution < -0.4 is 0 Å². The third kappa shape index (κ3) is 3.87. The van der Waals surface area contributed by atoms with E-state index in [1.54, 1.807) is 0 Å². The minimum atomic E-state index is -0.550. The molecule has 3 aromatic rings. The molecular weight excluding hydrogens is 367 g/mol. The SMILES string of the molecule is O=C1OCCC(C(=O)C(c2ccccc2)c2ccccc2)=C1c1ccc(F)cc1. The first-order chi connectivity index (χ1) is 14.1. The fourth-order valence-corrected chi connectivity index (χ4v) is 3.68. The highest BCUT2D eigenvalue weighted by molar-refractivity contribution is 6.25. The van der Waals surface area contributed by atoms with Gasteiger partial charge in [-0.1, -0.05) is 72.8 Å². The van der Waals surface area contributed by atoms with E-state index in [4.69, 9.17) is 4.74 Å². The van der Waals surface area contributed by atoms with Crippen LogP contribution in [0, 0.1) is 5.82 Å². The molecule has 0 aliphatic carbocycles. The van der Waals surface area contributed by atoms with Gasteiger partial charge in [-0.15, -0.1) is 0 Å². The lowest BCUT2D eigenvalue weighted by molar-refractivity contribution is -0.138. The van der Waals surface area contributed by atoms with Gasteiger partial charge in [0.05, 0.1) is 18.1 Å². The van der Waals surface area contributed by atoms with Gasteiger partial charge in [-0.05, 0) is 28.8 Å². The Balaban J connectivity index is 1.86. The first kappa shape index (κ1) is 18.8. The molecule has 0 spiro atoms. The van der Waals surface area contributed by atoms with Gasteiger partial charge in [0.25, 0.3) is 0 Å². The molecule has 1 aliphatic heterocycles. The Morgan fingerprint density at radius 2 is 1.38 bits per heavy atom. The molecule has 0 fully saturated rings. The van der Waals surface area contributed by atoms with Crippen LogP contribution in [-0.2, 0) is 14.3 Å². The molecule has 0 radical (unpaired) electrons. The van der Waals surface area contributed by atoms with E-state index in [0.29, 0.717) is 17.6 Å². The molecule has 0 bridgehead atoms. The van der Waals surface area contributed by atoms with Crippen LogP contribution in [0.15, 0.2) is 90.5 Å². The highest BCUT2D eigenvalue weighted by Gasteiger charge is 2.33. The van der Waals surface area contributed by atoms with Crippen molar-refractivity contribution in [1.82, 2.24) is 0 Å². The average molecular weight is 386 g/mol. The van der Waals surface area contributed by atoms with Crippen molar-refractivity contribution < 1.29 is 18.7 Å². The Labute approximate surface area is 168 Å². The summed E-state index contributed by atoms with van der Waals surface area (Å²) >= 11 is 0. The first-order valence-corrected chi connectivity index (χ1v) is 9.45. The van der Waals surface area contributed by atoms with Crippen LogP contribution in [0.2, 0.25) is 0 Å². The van der Waals surface area contributed by atoms with Crippen molar-refractivity contribution in [2.45, 2.75) is 12.3 Å². The number of hydrogen-bond acceptors (Lipinski definition) is 3. The Bertz CT molecular complexity index is 1010. The van der Waals surface area contributed by atoms with Crippen LogP contribution >= 0.6 is 0 Å². The topological polar surface area (TPSA) is 43.4 Å². The van der Waals surface area contributed by atoms with E-state index in [1.165, 1.54) is 24.3 Å². The maximum absolute atomic E-state index is 13.8. The molecule has 1 heterocycles. The van der Waals surface area contributed by atoms with Gasteiger partial charge in [0.2, 0.25) is 0 Å². The molecule has 0 aromatic heterocycles. The third-order valence-corrected chi connectivity index (χ3v) is 5.05. The molecule has 0 amide bonds. The van der Waals surface area contributed by atoms with Gasteiger partial charge in [-0.3, -0.25) is 4.79 Å². The summed E-state index contributed by atoms with van der Waals surface area (Å²) in [4.78, 5) is 26.3. The summed E-state index contributed by atoms with van der Waals surface area (Å²) in [5.41, 5.74) is 2.84. The number of rotatable bonds is 5. The maximum atomic E-state index is 13.8. The van der Waals surface area contributed by atoms with Gasteiger partial charge in [0, 0.05) is 12.0 Å². The predicted molar refractivity (Wildman–Crippen MR) is 109 cm³/mol. The zero-order valence-corrected chi connectivity index (χ0v) is 15.7. The van der Waals surface area contributed by atoms with Crippen LogP contribution in [-0.4, -0.2) is 18.4 Å². The Kier molecular flexibility index (Phi) is 5.34. The van der Waals surface area contributed by atoms with Crippen LogP contribution in [0.1, 0.15) is 29.0 Å². The number of ketones is 1. The molecule has 1 aliphatic rings. The van der Waals surface area contributed by atoms with Crippen molar-refractivity contribution >= 4 is 17.3 Å². The molecule has 0 unspecified atom stereocenters. The number of carbonyl (C=O) groups excluding carboxylic acids is 2. The Hall–Kier alpha value is -3.53. The fourth-order valence-electron chi connectivity index (χ4n) is 3.68. The number of ether oxygens (including phenoxy) is 1. The van der Waals surface area contributed by atoms with Crippen LogP contribution in [0.5, 0.6) is 0 Å². The molecule has 0 atom stereocenters. The number of halogens is 1. The molecular formula is C25H19FO3. The second kappa shape index (κ2) is 8.23. The van der Waals surface area contributed by atoms with Gasteiger partial charge in [-0.25, -0.2) is 9.18 Å². The fraction of sp³-hybridized carbons (Fsp3) is 0.120. The van der Waals surface area contributed by atoms with E-state index in [2.05, 4.69) is 0 Å². The average Bonchev–Trinajstić information content (AvgIpc) is 2.76. The number of benzene rings is 3. The summed E-state index contributed by atoms with van der Waals surface area (Å²) in [6, 6.07) is 24.6. The Morgan fingerprint density at radius 1 is 0.828 bits per heavy atom. The van der Waals surface area contributed by atoms with E-state index in [9.17, 15) is 14.0 Å². The maximum Gasteiger partial charge on any atom is 0.339 e. The van der Waals surface area contributed by atoms with Gasteiger partial charge in [0.1, 0.15) is 5.82 Å². The number of Topliss-reactive ketones (excluding diaryl/α,β-unsaturated/α-hetero) is 1. The molecule has 4 heteroatoms. The zero-order chi connectivity index (χ0) is 20.2. The Morgan fingerprint density at radius 3 is 1.93 bits per heavy atom. The van der Waals surface area contributed by atoms with Crippen LogP contribution in [0.3, 0.4) is 0 Å². The summed E-state index contributed by atoms with van der Waals surface area (Å²) in [5, 5.41) is 0. The molecule has 3 aromatic carbocycles. The van der Waals surface area contributed by atoms with Crippen molar-refractivity contribution in [1.29, 1.82) is 0 Å². The van der Waals surface area contributed by atoms with Crippen molar-refractivity contribution in [2.75, 3.05) is 6.61 Å². The lowest BCUT2D eigenvalue weighted by Gasteiger charge is -2.24. The van der Waals surface area contributed by atoms with Crippen LogP contribution in [0.4, 0.5) is 4.39 Å². The van der Waals surface area contributed by atoms with Gasteiger partial charge in [-0.2, -0.15) is 0 Å². The van der Waals surface area contributed by atoms with E-state index in [-0.39, 0.29) is 18.0 Å². The molecule has 0 N–H and O–H groups in total. The van der Waals surface area contributed by atoms with Crippen molar-refractivity contribution in [3.8, 4) is 0 Å². The lowest BCUT2D eigenvalue weighted by atomic mass is 9.81. The second-order valence-electron chi connectivity index (χ2n) is 6.86. The van der Waals surface area contributed by atoms with Gasteiger partial charge >= 0.3 is 5.97 Å². The van der Waals surface area contributed by atoms with E-state index in [1.807, 2.05) is 60.7 Å². The van der Waals surface area contributed by atoms with E-state index < -0.39 is 17.7 Å². The highest BCUT2D eigenvalue weighted by atomic mass is 19.1. The smallest absolute Gasteiger partial charge is 0.339 e. The zero-order valence-electron chi connectivity index (χ0n) is 15.7.